The third kappa shape index (κ3) is 3.35. The van der Waals surface area contributed by atoms with Crippen LogP contribution in [0.15, 0.2) is 23.1 Å². The first-order valence-corrected chi connectivity index (χ1v) is 9.12. The van der Waals surface area contributed by atoms with Crippen LogP contribution < -0.4 is 5.32 Å². The molecule has 0 aromatic heterocycles. The van der Waals surface area contributed by atoms with E-state index in [1.54, 1.807) is 0 Å². The van der Waals surface area contributed by atoms with Gasteiger partial charge in [0, 0.05) is 25.2 Å². The van der Waals surface area contributed by atoms with Crippen LogP contribution in [0.4, 0.5) is 13.2 Å². The maximum absolute atomic E-state index is 12.9. The van der Waals surface area contributed by atoms with Crippen molar-refractivity contribution in [2.75, 3.05) is 13.1 Å². The van der Waals surface area contributed by atoms with Gasteiger partial charge in [-0.15, -0.1) is 0 Å². The molecule has 0 saturated carbocycles. The third-order valence-electron chi connectivity index (χ3n) is 4.37. The van der Waals surface area contributed by atoms with Gasteiger partial charge in [0.25, 0.3) is 0 Å². The molecule has 2 aliphatic rings. The Morgan fingerprint density at radius 1 is 1.17 bits per heavy atom. The number of rotatable bonds is 2. The first kappa shape index (κ1) is 17.0. The molecule has 2 saturated heterocycles. The molecule has 1 aromatic carbocycles. The predicted octanol–water partition coefficient (Wildman–Crippen LogP) is 2.87. The average Bonchev–Trinajstić information content (AvgIpc) is 2.76. The third-order valence-corrected chi connectivity index (χ3v) is 6.56. The molecule has 2 atom stereocenters. The van der Waals surface area contributed by atoms with Gasteiger partial charge in [-0.2, -0.15) is 17.5 Å². The number of alkyl halides is 3. The first-order valence-electron chi connectivity index (χ1n) is 7.31. The summed E-state index contributed by atoms with van der Waals surface area (Å²) >= 11 is 5.56. The van der Waals surface area contributed by atoms with Gasteiger partial charge in [0.2, 0.25) is 10.0 Å². The van der Waals surface area contributed by atoms with E-state index in [1.165, 1.54) is 4.31 Å². The highest BCUT2D eigenvalue weighted by Crippen LogP contribution is 2.36. The minimum absolute atomic E-state index is 0.0617. The fourth-order valence-corrected chi connectivity index (χ4v) is 4.91. The largest absolute Gasteiger partial charge is 0.417 e. The second kappa shape index (κ2) is 5.91. The normalized spacial score (nSPS) is 26.3. The van der Waals surface area contributed by atoms with E-state index >= 15 is 0 Å². The van der Waals surface area contributed by atoms with Gasteiger partial charge in [-0.25, -0.2) is 8.42 Å². The minimum atomic E-state index is -4.69. The van der Waals surface area contributed by atoms with Gasteiger partial charge >= 0.3 is 6.18 Å². The number of nitrogens with one attached hydrogen (secondary N) is 1. The quantitative estimate of drug-likeness (QED) is 0.873. The lowest BCUT2D eigenvalue weighted by atomic mass is 10.1. The van der Waals surface area contributed by atoms with E-state index in [0.29, 0.717) is 19.0 Å². The van der Waals surface area contributed by atoms with E-state index in [-0.39, 0.29) is 23.5 Å². The molecule has 23 heavy (non-hydrogen) atoms. The van der Waals surface area contributed by atoms with Crippen molar-refractivity contribution >= 4 is 21.6 Å². The Hall–Kier alpha value is -0.830. The minimum Gasteiger partial charge on any atom is -0.310 e. The van der Waals surface area contributed by atoms with Crippen molar-refractivity contribution in [2.24, 2.45) is 0 Å². The van der Waals surface area contributed by atoms with Crippen LogP contribution in [0.25, 0.3) is 0 Å². The molecule has 128 valence electrons. The average molecular weight is 369 g/mol. The van der Waals surface area contributed by atoms with Crippen molar-refractivity contribution in [3.05, 3.63) is 28.8 Å². The Morgan fingerprint density at radius 3 is 2.57 bits per heavy atom. The Morgan fingerprint density at radius 2 is 1.87 bits per heavy atom. The Balaban J connectivity index is 1.93. The van der Waals surface area contributed by atoms with Crippen LogP contribution in [-0.2, 0) is 16.2 Å². The van der Waals surface area contributed by atoms with E-state index in [4.69, 9.17) is 11.6 Å². The van der Waals surface area contributed by atoms with E-state index in [0.717, 1.165) is 25.0 Å². The van der Waals surface area contributed by atoms with E-state index in [2.05, 4.69) is 5.32 Å². The van der Waals surface area contributed by atoms with Crippen LogP contribution >= 0.6 is 11.6 Å². The van der Waals surface area contributed by atoms with Crippen LogP contribution in [0.3, 0.4) is 0 Å². The molecule has 2 unspecified atom stereocenters. The molecule has 2 aliphatic heterocycles. The molecule has 0 amide bonds. The summed E-state index contributed by atoms with van der Waals surface area (Å²) in [7, 11) is -3.97. The number of sulfonamides is 1. The lowest BCUT2D eigenvalue weighted by Crippen LogP contribution is -2.39. The summed E-state index contributed by atoms with van der Waals surface area (Å²) in [4.78, 5) is -0.369. The standard InChI is InChI=1S/C14H16ClF3N2O2S/c15-13-4-3-11(7-12(13)14(16,17)18)23(21,22)20-6-5-9-1-2-10(8-20)19-9/h3-4,7,9-10,19H,1-2,5-6,8H2. The molecule has 0 radical (unpaired) electrons. The Labute approximate surface area is 137 Å². The van der Waals surface area contributed by atoms with Crippen molar-refractivity contribution < 1.29 is 21.6 Å². The van der Waals surface area contributed by atoms with Crippen molar-refractivity contribution in [1.82, 2.24) is 9.62 Å². The zero-order chi connectivity index (χ0) is 16.8. The van der Waals surface area contributed by atoms with Gasteiger partial charge in [0.1, 0.15) is 0 Å². The SMILES string of the molecule is O=S(=O)(c1ccc(Cl)c(C(F)(F)F)c1)N1CCC2CCC(C1)N2. The van der Waals surface area contributed by atoms with Gasteiger partial charge in [0.05, 0.1) is 15.5 Å². The summed E-state index contributed by atoms with van der Waals surface area (Å²) in [6.07, 6.45) is -2.14. The molecular weight excluding hydrogens is 353 g/mol. The number of fused-ring (bicyclic) bond motifs is 2. The molecule has 1 N–H and O–H groups in total. The number of hydrogen-bond acceptors (Lipinski definition) is 3. The highest BCUT2D eigenvalue weighted by Gasteiger charge is 2.38. The van der Waals surface area contributed by atoms with Gasteiger partial charge in [-0.3, -0.25) is 0 Å². The molecule has 4 nitrogen and oxygen atoms in total. The topological polar surface area (TPSA) is 49.4 Å². The summed E-state index contributed by atoms with van der Waals surface area (Å²) in [5.41, 5.74) is -1.13. The van der Waals surface area contributed by atoms with Crippen molar-refractivity contribution in [3.8, 4) is 0 Å². The molecular formula is C14H16ClF3N2O2S. The fourth-order valence-electron chi connectivity index (χ4n) is 3.16. The number of hydrogen-bond donors (Lipinski definition) is 1. The van der Waals surface area contributed by atoms with Gasteiger partial charge < -0.3 is 5.32 Å². The number of halogens is 4. The monoisotopic (exact) mass is 368 g/mol. The van der Waals surface area contributed by atoms with E-state index in [1.807, 2.05) is 0 Å². The molecule has 1 aromatic rings. The summed E-state index contributed by atoms with van der Waals surface area (Å²) in [6, 6.07) is 3.08. The van der Waals surface area contributed by atoms with E-state index < -0.39 is 26.8 Å². The van der Waals surface area contributed by atoms with Crippen molar-refractivity contribution in [2.45, 2.75) is 42.4 Å². The molecule has 3 rings (SSSR count). The number of nitrogens with zero attached hydrogens (tertiary/aromatic N) is 1. The molecule has 0 aliphatic carbocycles. The summed E-state index contributed by atoms with van der Waals surface area (Å²) in [5, 5.41) is 2.84. The van der Waals surface area contributed by atoms with E-state index in [9.17, 15) is 21.6 Å². The second-order valence-electron chi connectivity index (χ2n) is 5.93. The molecule has 2 heterocycles. The van der Waals surface area contributed by atoms with Crippen molar-refractivity contribution in [1.29, 1.82) is 0 Å². The van der Waals surface area contributed by atoms with Crippen LogP contribution in [0.1, 0.15) is 24.8 Å². The molecule has 2 fully saturated rings. The van der Waals surface area contributed by atoms with Gasteiger partial charge in [0.15, 0.2) is 0 Å². The number of benzene rings is 1. The van der Waals surface area contributed by atoms with Crippen LogP contribution in [0.2, 0.25) is 5.02 Å². The van der Waals surface area contributed by atoms with Gasteiger partial charge in [-0.05, 0) is 37.5 Å². The lowest BCUT2D eigenvalue weighted by molar-refractivity contribution is -0.137. The van der Waals surface area contributed by atoms with Gasteiger partial charge in [-0.1, -0.05) is 11.6 Å². The summed E-state index contributed by atoms with van der Waals surface area (Å²) < 4.78 is 65.5. The molecule has 0 spiro atoms. The molecule has 9 heteroatoms. The van der Waals surface area contributed by atoms with Crippen LogP contribution in [-0.4, -0.2) is 37.9 Å². The predicted molar refractivity (Wildman–Crippen MR) is 79.8 cm³/mol. The summed E-state index contributed by atoms with van der Waals surface area (Å²) in [6.45, 7) is 0.587. The fraction of sp³-hybridized carbons (Fsp3) is 0.571. The smallest absolute Gasteiger partial charge is 0.310 e. The Kier molecular flexibility index (Phi) is 4.37. The summed E-state index contributed by atoms with van der Waals surface area (Å²) in [5.74, 6) is 0. The Bertz CT molecular complexity index is 708. The highest BCUT2D eigenvalue weighted by molar-refractivity contribution is 7.89. The maximum Gasteiger partial charge on any atom is 0.417 e. The maximum atomic E-state index is 12.9. The zero-order valence-electron chi connectivity index (χ0n) is 12.1. The second-order valence-corrected chi connectivity index (χ2v) is 8.27. The van der Waals surface area contributed by atoms with Crippen LogP contribution in [0.5, 0.6) is 0 Å². The zero-order valence-corrected chi connectivity index (χ0v) is 13.7. The van der Waals surface area contributed by atoms with Crippen molar-refractivity contribution in [3.63, 3.8) is 0 Å². The first-order chi connectivity index (χ1) is 10.7. The lowest BCUT2D eigenvalue weighted by Gasteiger charge is -2.24. The van der Waals surface area contributed by atoms with Crippen LogP contribution in [0, 0.1) is 0 Å². The highest BCUT2D eigenvalue weighted by atomic mass is 35.5. The molecule has 2 bridgehead atoms.